The molecule has 0 aromatic carbocycles. The molecule has 1 aliphatic rings. The van der Waals surface area contributed by atoms with Crippen molar-refractivity contribution in [2.45, 2.75) is 32.1 Å². The van der Waals surface area contributed by atoms with Gasteiger partial charge in [-0.3, -0.25) is 10.1 Å². The molecular formula is C8H12N2O2. The number of nitro groups is 1. The molecule has 0 bridgehead atoms. The molecule has 0 aromatic rings. The second kappa shape index (κ2) is 3.53. The first-order chi connectivity index (χ1) is 5.68. The average Bonchev–Trinajstić information content (AvgIpc) is 2.05. The lowest BCUT2D eigenvalue weighted by Gasteiger charge is -2.26. The number of rotatable bonds is 2. The standard InChI is InChI=1S/C8H12N2O2/c9-6-8(7-10(11)12)4-2-1-3-5-8/h1-5,7H2. The second-order valence-corrected chi connectivity index (χ2v) is 3.44. The first-order valence-electron chi connectivity index (χ1n) is 4.22. The van der Waals surface area contributed by atoms with E-state index >= 15 is 0 Å². The Balaban J connectivity index is 2.61. The molecule has 0 unspecified atom stereocenters. The zero-order chi connectivity index (χ0) is 9.03. The summed E-state index contributed by atoms with van der Waals surface area (Å²) in [4.78, 5) is 9.92. The highest BCUT2D eigenvalue weighted by molar-refractivity contribution is 5.00. The van der Waals surface area contributed by atoms with Crippen LogP contribution in [0.3, 0.4) is 0 Å². The van der Waals surface area contributed by atoms with Crippen LogP contribution in [-0.4, -0.2) is 11.5 Å². The van der Waals surface area contributed by atoms with Crippen LogP contribution in [0, 0.1) is 26.9 Å². The van der Waals surface area contributed by atoms with Crippen molar-refractivity contribution in [3.8, 4) is 6.07 Å². The van der Waals surface area contributed by atoms with Crippen LogP contribution in [-0.2, 0) is 0 Å². The molecule has 0 spiro atoms. The molecule has 0 aromatic heterocycles. The smallest absolute Gasteiger partial charge is 0.222 e. The van der Waals surface area contributed by atoms with E-state index in [1.54, 1.807) is 0 Å². The Morgan fingerprint density at radius 2 is 2.00 bits per heavy atom. The molecule has 0 N–H and O–H groups in total. The average molecular weight is 168 g/mol. The molecule has 0 amide bonds. The summed E-state index contributed by atoms with van der Waals surface area (Å²) in [5.41, 5.74) is -0.651. The summed E-state index contributed by atoms with van der Waals surface area (Å²) >= 11 is 0. The van der Waals surface area contributed by atoms with Crippen molar-refractivity contribution in [3.63, 3.8) is 0 Å². The van der Waals surface area contributed by atoms with Crippen LogP contribution in [0.25, 0.3) is 0 Å². The highest BCUT2D eigenvalue weighted by Gasteiger charge is 2.37. The van der Waals surface area contributed by atoms with Crippen molar-refractivity contribution in [1.29, 1.82) is 5.26 Å². The normalized spacial score (nSPS) is 21.2. The minimum atomic E-state index is -0.651. The summed E-state index contributed by atoms with van der Waals surface area (Å²) in [5.74, 6) is 0. The van der Waals surface area contributed by atoms with Crippen molar-refractivity contribution in [1.82, 2.24) is 0 Å². The van der Waals surface area contributed by atoms with Gasteiger partial charge in [0.25, 0.3) is 0 Å². The monoisotopic (exact) mass is 168 g/mol. The van der Waals surface area contributed by atoms with E-state index in [9.17, 15) is 10.1 Å². The van der Waals surface area contributed by atoms with Gasteiger partial charge in [0.05, 0.1) is 6.07 Å². The van der Waals surface area contributed by atoms with Gasteiger partial charge in [-0.05, 0) is 12.8 Å². The Hall–Kier alpha value is -1.11. The van der Waals surface area contributed by atoms with Crippen LogP contribution < -0.4 is 0 Å². The van der Waals surface area contributed by atoms with Crippen molar-refractivity contribution in [3.05, 3.63) is 10.1 Å². The second-order valence-electron chi connectivity index (χ2n) is 3.44. The Bertz CT molecular complexity index is 214. The summed E-state index contributed by atoms with van der Waals surface area (Å²) in [6.07, 6.45) is 4.43. The number of nitrogens with zero attached hydrogens (tertiary/aromatic N) is 2. The van der Waals surface area contributed by atoms with Crippen molar-refractivity contribution in [2.24, 2.45) is 5.41 Å². The van der Waals surface area contributed by atoms with Crippen LogP contribution in [0.4, 0.5) is 0 Å². The Morgan fingerprint density at radius 3 is 2.42 bits per heavy atom. The maximum atomic E-state index is 10.3. The fraction of sp³-hybridized carbons (Fsp3) is 0.875. The van der Waals surface area contributed by atoms with Gasteiger partial charge in [-0.2, -0.15) is 5.26 Å². The fourth-order valence-electron chi connectivity index (χ4n) is 1.78. The van der Waals surface area contributed by atoms with Gasteiger partial charge in [0.15, 0.2) is 0 Å². The highest BCUT2D eigenvalue weighted by Crippen LogP contribution is 2.35. The first kappa shape index (κ1) is 8.98. The third-order valence-electron chi connectivity index (χ3n) is 2.48. The topological polar surface area (TPSA) is 66.9 Å². The SMILES string of the molecule is N#CC1(C[N+](=O)[O-])CCCCC1. The third kappa shape index (κ3) is 1.94. The molecule has 1 aliphatic carbocycles. The number of nitriles is 1. The minimum Gasteiger partial charge on any atom is -0.264 e. The summed E-state index contributed by atoms with van der Waals surface area (Å²) in [6, 6.07) is 2.11. The summed E-state index contributed by atoms with van der Waals surface area (Å²) in [6.45, 7) is -0.177. The largest absolute Gasteiger partial charge is 0.264 e. The highest BCUT2D eigenvalue weighted by atomic mass is 16.6. The van der Waals surface area contributed by atoms with E-state index < -0.39 is 5.41 Å². The van der Waals surface area contributed by atoms with E-state index in [4.69, 9.17) is 5.26 Å². The van der Waals surface area contributed by atoms with Crippen LogP contribution in [0.1, 0.15) is 32.1 Å². The zero-order valence-electron chi connectivity index (χ0n) is 6.95. The van der Waals surface area contributed by atoms with Gasteiger partial charge in [-0.1, -0.05) is 19.3 Å². The van der Waals surface area contributed by atoms with E-state index in [1.807, 2.05) is 0 Å². The zero-order valence-corrected chi connectivity index (χ0v) is 6.95. The van der Waals surface area contributed by atoms with Gasteiger partial charge >= 0.3 is 0 Å². The molecule has 1 saturated carbocycles. The fourth-order valence-corrected chi connectivity index (χ4v) is 1.78. The predicted molar refractivity (Wildman–Crippen MR) is 43.0 cm³/mol. The van der Waals surface area contributed by atoms with Crippen LogP contribution in [0.15, 0.2) is 0 Å². The molecule has 0 saturated heterocycles. The molecule has 4 nitrogen and oxygen atoms in total. The van der Waals surface area contributed by atoms with Gasteiger partial charge in [0.2, 0.25) is 6.54 Å². The molecular weight excluding hydrogens is 156 g/mol. The van der Waals surface area contributed by atoms with Crippen LogP contribution in [0.2, 0.25) is 0 Å². The quantitative estimate of drug-likeness (QED) is 0.466. The lowest BCUT2D eigenvalue weighted by Crippen LogP contribution is -2.30. The molecule has 4 heteroatoms. The molecule has 12 heavy (non-hydrogen) atoms. The van der Waals surface area contributed by atoms with Crippen LogP contribution >= 0.6 is 0 Å². The maximum Gasteiger partial charge on any atom is 0.222 e. The van der Waals surface area contributed by atoms with E-state index in [1.165, 1.54) is 0 Å². The minimum absolute atomic E-state index is 0.177. The van der Waals surface area contributed by atoms with Gasteiger partial charge in [-0.15, -0.1) is 0 Å². The van der Waals surface area contributed by atoms with Gasteiger partial charge < -0.3 is 0 Å². The molecule has 0 aliphatic heterocycles. The molecule has 1 fully saturated rings. The molecule has 0 heterocycles. The summed E-state index contributed by atoms with van der Waals surface area (Å²) in [5, 5.41) is 19.1. The Morgan fingerprint density at radius 1 is 1.42 bits per heavy atom. The van der Waals surface area contributed by atoms with Gasteiger partial charge in [0, 0.05) is 4.92 Å². The van der Waals surface area contributed by atoms with Crippen molar-refractivity contribution >= 4 is 0 Å². The lowest BCUT2D eigenvalue weighted by atomic mass is 9.75. The molecule has 66 valence electrons. The van der Waals surface area contributed by atoms with E-state index in [0.29, 0.717) is 12.8 Å². The van der Waals surface area contributed by atoms with E-state index in [2.05, 4.69) is 6.07 Å². The summed E-state index contributed by atoms with van der Waals surface area (Å²) < 4.78 is 0. The Kier molecular flexibility index (Phi) is 2.64. The maximum absolute atomic E-state index is 10.3. The van der Waals surface area contributed by atoms with E-state index in [-0.39, 0.29) is 11.5 Å². The first-order valence-corrected chi connectivity index (χ1v) is 4.22. The lowest BCUT2D eigenvalue weighted by molar-refractivity contribution is -0.494. The molecule has 1 rings (SSSR count). The van der Waals surface area contributed by atoms with Crippen molar-refractivity contribution in [2.75, 3.05) is 6.54 Å². The third-order valence-corrected chi connectivity index (χ3v) is 2.48. The summed E-state index contributed by atoms with van der Waals surface area (Å²) in [7, 11) is 0. The molecule has 0 radical (unpaired) electrons. The number of hydrogen-bond donors (Lipinski definition) is 0. The Labute approximate surface area is 71.3 Å². The van der Waals surface area contributed by atoms with Gasteiger partial charge in [-0.25, -0.2) is 0 Å². The van der Waals surface area contributed by atoms with E-state index in [0.717, 1.165) is 19.3 Å². The van der Waals surface area contributed by atoms with Crippen molar-refractivity contribution < 1.29 is 4.92 Å². The van der Waals surface area contributed by atoms with Crippen LogP contribution in [0.5, 0.6) is 0 Å². The molecule has 0 atom stereocenters. The predicted octanol–water partition coefficient (Wildman–Crippen LogP) is 1.74. The number of hydrogen-bond acceptors (Lipinski definition) is 3. The van der Waals surface area contributed by atoms with Gasteiger partial charge in [0.1, 0.15) is 5.41 Å².